The van der Waals surface area contributed by atoms with Crippen molar-refractivity contribution in [1.82, 2.24) is 14.8 Å². The highest BCUT2D eigenvalue weighted by atomic mass is 79.9. The van der Waals surface area contributed by atoms with Crippen LogP contribution in [0.25, 0.3) is 5.69 Å². The molecule has 17 heavy (non-hydrogen) atoms. The highest BCUT2D eigenvalue weighted by Crippen LogP contribution is 2.27. The summed E-state index contributed by atoms with van der Waals surface area (Å²) in [6.45, 7) is 2.02. The van der Waals surface area contributed by atoms with E-state index in [2.05, 4.69) is 26.1 Å². The molecule has 1 aromatic heterocycles. The summed E-state index contributed by atoms with van der Waals surface area (Å²) in [5, 5.41) is 7.91. The lowest BCUT2D eigenvalue weighted by Gasteiger charge is -2.10. The van der Waals surface area contributed by atoms with Crippen LogP contribution in [0.15, 0.2) is 22.7 Å². The third-order valence-corrected chi connectivity index (χ3v) is 3.21. The van der Waals surface area contributed by atoms with Crippen LogP contribution in [0.3, 0.4) is 0 Å². The molecular formula is C11H10BrClFN3. The zero-order valence-corrected chi connectivity index (χ0v) is 11.5. The third kappa shape index (κ3) is 2.35. The summed E-state index contributed by atoms with van der Waals surface area (Å²) in [4.78, 5) is 0. The van der Waals surface area contributed by atoms with Gasteiger partial charge in [-0.3, -0.25) is 4.57 Å². The average Bonchev–Trinajstić information content (AvgIpc) is 2.62. The largest absolute Gasteiger partial charge is 0.266 e. The minimum atomic E-state index is -0.363. The molecule has 2 aromatic rings. The molecular weight excluding hydrogens is 308 g/mol. The van der Waals surface area contributed by atoms with E-state index < -0.39 is 0 Å². The minimum Gasteiger partial charge on any atom is -0.266 e. The predicted molar refractivity (Wildman–Crippen MR) is 68.0 cm³/mol. The fourth-order valence-electron chi connectivity index (χ4n) is 1.60. The van der Waals surface area contributed by atoms with E-state index in [4.69, 9.17) is 11.6 Å². The molecule has 0 aliphatic carbocycles. The minimum absolute atomic E-state index is 0.166. The molecule has 0 N–H and O–H groups in total. The number of rotatable bonds is 3. The molecule has 2 rings (SSSR count). The smallest absolute Gasteiger partial charge is 0.229 e. The van der Waals surface area contributed by atoms with Gasteiger partial charge in [-0.25, -0.2) is 4.39 Å². The van der Waals surface area contributed by atoms with Gasteiger partial charge in [0.15, 0.2) is 0 Å². The van der Waals surface area contributed by atoms with Crippen molar-refractivity contribution in [2.24, 2.45) is 0 Å². The fraction of sp³-hybridized carbons (Fsp3) is 0.273. The summed E-state index contributed by atoms with van der Waals surface area (Å²) >= 11 is 9.27. The monoisotopic (exact) mass is 317 g/mol. The van der Waals surface area contributed by atoms with Gasteiger partial charge >= 0.3 is 0 Å². The average molecular weight is 319 g/mol. The molecule has 1 heterocycles. The van der Waals surface area contributed by atoms with Crippen molar-refractivity contribution in [2.45, 2.75) is 19.8 Å². The van der Waals surface area contributed by atoms with E-state index in [0.29, 0.717) is 22.4 Å². The molecule has 0 saturated carbocycles. The van der Waals surface area contributed by atoms with Crippen LogP contribution in [0.2, 0.25) is 5.28 Å². The molecule has 1 aromatic carbocycles. The molecule has 6 heteroatoms. The molecule has 0 atom stereocenters. The van der Waals surface area contributed by atoms with Crippen molar-refractivity contribution in [2.75, 3.05) is 0 Å². The van der Waals surface area contributed by atoms with Crippen molar-refractivity contribution < 1.29 is 4.39 Å². The van der Waals surface area contributed by atoms with Crippen molar-refractivity contribution in [3.8, 4) is 5.69 Å². The number of aryl methyl sites for hydroxylation is 1. The molecule has 3 nitrogen and oxygen atoms in total. The van der Waals surface area contributed by atoms with E-state index in [-0.39, 0.29) is 11.1 Å². The van der Waals surface area contributed by atoms with Crippen molar-refractivity contribution in [3.05, 3.63) is 39.6 Å². The Morgan fingerprint density at radius 1 is 1.41 bits per heavy atom. The Balaban J connectivity index is 2.63. The van der Waals surface area contributed by atoms with E-state index >= 15 is 0 Å². The first kappa shape index (κ1) is 12.5. The number of hydrogen-bond donors (Lipinski definition) is 0. The van der Waals surface area contributed by atoms with Gasteiger partial charge in [0.2, 0.25) is 5.28 Å². The van der Waals surface area contributed by atoms with Crippen molar-refractivity contribution >= 4 is 27.5 Å². The number of aromatic nitrogens is 3. The lowest BCUT2D eigenvalue weighted by molar-refractivity contribution is 0.613. The number of nitrogens with zero attached hydrogens (tertiary/aromatic N) is 3. The van der Waals surface area contributed by atoms with Gasteiger partial charge < -0.3 is 0 Å². The molecule has 90 valence electrons. The lowest BCUT2D eigenvalue weighted by Crippen LogP contribution is -2.04. The van der Waals surface area contributed by atoms with Gasteiger partial charge in [0.1, 0.15) is 11.6 Å². The third-order valence-electron chi connectivity index (χ3n) is 2.33. The molecule has 0 bridgehead atoms. The summed E-state index contributed by atoms with van der Waals surface area (Å²) in [6, 6.07) is 4.76. The summed E-state index contributed by atoms with van der Waals surface area (Å²) in [5.41, 5.74) is 0.353. The SMILES string of the molecule is CCCc1nnc(Cl)n1-c1c(F)cccc1Br. The van der Waals surface area contributed by atoms with E-state index in [1.807, 2.05) is 6.92 Å². The summed E-state index contributed by atoms with van der Waals surface area (Å²) < 4.78 is 16.0. The normalized spacial score (nSPS) is 10.8. The maximum atomic E-state index is 13.8. The first-order chi connectivity index (χ1) is 8.15. The van der Waals surface area contributed by atoms with Crippen LogP contribution in [0.5, 0.6) is 0 Å². The quantitative estimate of drug-likeness (QED) is 0.862. The molecule has 0 amide bonds. The fourth-order valence-corrected chi connectivity index (χ4v) is 2.34. The number of halogens is 3. The Labute approximate surface area is 112 Å². The first-order valence-corrected chi connectivity index (χ1v) is 6.36. The molecule has 0 fully saturated rings. The van der Waals surface area contributed by atoms with Crippen LogP contribution in [0.1, 0.15) is 19.2 Å². The van der Waals surface area contributed by atoms with E-state index in [1.54, 1.807) is 12.1 Å². The Morgan fingerprint density at radius 2 is 2.18 bits per heavy atom. The van der Waals surface area contributed by atoms with E-state index in [0.717, 1.165) is 6.42 Å². The Morgan fingerprint density at radius 3 is 2.82 bits per heavy atom. The summed E-state index contributed by atoms with van der Waals surface area (Å²) in [6.07, 6.45) is 1.58. The Bertz CT molecular complexity index is 521. The van der Waals surface area contributed by atoms with Gasteiger partial charge in [-0.05, 0) is 46.1 Å². The highest BCUT2D eigenvalue weighted by molar-refractivity contribution is 9.10. The zero-order chi connectivity index (χ0) is 12.4. The first-order valence-electron chi connectivity index (χ1n) is 5.19. The van der Waals surface area contributed by atoms with Gasteiger partial charge in [-0.1, -0.05) is 13.0 Å². The van der Waals surface area contributed by atoms with Gasteiger partial charge in [0, 0.05) is 10.9 Å². The number of benzene rings is 1. The topological polar surface area (TPSA) is 30.7 Å². The van der Waals surface area contributed by atoms with E-state index in [1.165, 1.54) is 10.6 Å². The number of para-hydroxylation sites is 1. The maximum absolute atomic E-state index is 13.8. The maximum Gasteiger partial charge on any atom is 0.229 e. The van der Waals surface area contributed by atoms with Gasteiger partial charge in [-0.2, -0.15) is 0 Å². The van der Waals surface area contributed by atoms with E-state index in [9.17, 15) is 4.39 Å². The molecule has 0 aliphatic rings. The van der Waals surface area contributed by atoms with Gasteiger partial charge in [-0.15, -0.1) is 10.2 Å². The summed E-state index contributed by atoms with van der Waals surface area (Å²) in [5.74, 6) is 0.293. The predicted octanol–water partition coefficient (Wildman–Crippen LogP) is 3.77. The second-order valence-corrected chi connectivity index (χ2v) is 4.73. The Hall–Kier alpha value is -0.940. The second-order valence-electron chi connectivity index (χ2n) is 3.54. The van der Waals surface area contributed by atoms with Crippen LogP contribution < -0.4 is 0 Å². The molecule has 0 saturated heterocycles. The van der Waals surface area contributed by atoms with Crippen LogP contribution in [-0.4, -0.2) is 14.8 Å². The standard InChI is InChI=1S/C11H10BrClFN3/c1-2-4-9-15-16-11(13)17(9)10-7(12)5-3-6-8(10)14/h3,5-6H,2,4H2,1H3. The zero-order valence-electron chi connectivity index (χ0n) is 9.12. The van der Waals surface area contributed by atoms with Crippen LogP contribution in [-0.2, 0) is 6.42 Å². The highest BCUT2D eigenvalue weighted by Gasteiger charge is 2.17. The summed E-state index contributed by atoms with van der Waals surface area (Å²) in [7, 11) is 0. The molecule has 0 unspecified atom stereocenters. The van der Waals surface area contributed by atoms with Gasteiger partial charge in [0.05, 0.1) is 5.69 Å². The second kappa shape index (κ2) is 5.14. The van der Waals surface area contributed by atoms with Crippen LogP contribution in [0.4, 0.5) is 4.39 Å². The van der Waals surface area contributed by atoms with Gasteiger partial charge in [0.25, 0.3) is 0 Å². The van der Waals surface area contributed by atoms with Crippen LogP contribution in [0, 0.1) is 5.82 Å². The lowest BCUT2D eigenvalue weighted by atomic mass is 10.2. The Kier molecular flexibility index (Phi) is 3.79. The molecule has 0 aliphatic heterocycles. The van der Waals surface area contributed by atoms with Crippen molar-refractivity contribution in [3.63, 3.8) is 0 Å². The van der Waals surface area contributed by atoms with Crippen molar-refractivity contribution in [1.29, 1.82) is 0 Å². The van der Waals surface area contributed by atoms with Crippen LogP contribution >= 0.6 is 27.5 Å². The number of hydrogen-bond acceptors (Lipinski definition) is 2. The molecule has 0 radical (unpaired) electrons. The molecule has 0 spiro atoms.